The third-order valence-electron chi connectivity index (χ3n) is 3.36. The van der Waals surface area contributed by atoms with Crippen LogP contribution in [0.25, 0.3) is 0 Å². The van der Waals surface area contributed by atoms with Crippen LogP contribution in [0.3, 0.4) is 0 Å². The van der Waals surface area contributed by atoms with Crippen LogP contribution in [-0.4, -0.2) is 24.7 Å². The first-order chi connectivity index (χ1) is 8.84. The molecule has 0 saturated carbocycles. The molecule has 1 fully saturated rings. The summed E-state index contributed by atoms with van der Waals surface area (Å²) in [4.78, 5) is 4.18. The maximum absolute atomic E-state index is 5.67. The van der Waals surface area contributed by atoms with E-state index in [0.717, 1.165) is 29.1 Å². The van der Waals surface area contributed by atoms with Crippen molar-refractivity contribution in [3.05, 3.63) is 28.5 Å². The molecule has 2 heterocycles. The van der Waals surface area contributed by atoms with Crippen LogP contribution in [0.2, 0.25) is 0 Å². The van der Waals surface area contributed by atoms with Crippen LogP contribution in [0, 0.1) is 5.92 Å². The van der Waals surface area contributed by atoms with E-state index in [1.807, 2.05) is 18.3 Å². The number of hydrogen-bond acceptors (Lipinski definition) is 3. The minimum Gasteiger partial charge on any atom is -0.377 e. The quantitative estimate of drug-likeness (QED) is 0.647. The number of halogens is 1. The summed E-state index contributed by atoms with van der Waals surface area (Å²) in [7, 11) is 0. The van der Waals surface area contributed by atoms with Crippen LogP contribution in [0.1, 0.15) is 31.2 Å². The SMILES string of the molecule is Brc1ccc(COCCC[C@@H]2CCCNC2)cn1. The fraction of sp³-hybridized carbons (Fsp3) is 0.643. The van der Waals surface area contributed by atoms with Gasteiger partial charge in [0.25, 0.3) is 0 Å². The number of piperidine rings is 1. The number of pyridine rings is 1. The maximum atomic E-state index is 5.67. The predicted octanol–water partition coefficient (Wildman–Crippen LogP) is 3.14. The lowest BCUT2D eigenvalue weighted by atomic mass is 9.95. The molecular weight excluding hydrogens is 292 g/mol. The molecule has 1 atom stereocenters. The first-order valence-corrected chi connectivity index (χ1v) is 7.53. The Balaban J connectivity index is 1.54. The van der Waals surface area contributed by atoms with Crippen LogP contribution in [-0.2, 0) is 11.3 Å². The zero-order valence-corrected chi connectivity index (χ0v) is 12.3. The van der Waals surface area contributed by atoms with Gasteiger partial charge in [-0.15, -0.1) is 0 Å². The summed E-state index contributed by atoms with van der Waals surface area (Å²) in [6.45, 7) is 3.91. The summed E-state index contributed by atoms with van der Waals surface area (Å²) < 4.78 is 6.55. The highest BCUT2D eigenvalue weighted by atomic mass is 79.9. The van der Waals surface area contributed by atoms with Gasteiger partial charge in [0.15, 0.2) is 0 Å². The van der Waals surface area contributed by atoms with Crippen LogP contribution in [0.5, 0.6) is 0 Å². The average molecular weight is 313 g/mol. The fourth-order valence-electron chi connectivity index (χ4n) is 2.33. The molecule has 18 heavy (non-hydrogen) atoms. The number of nitrogens with zero attached hydrogens (tertiary/aromatic N) is 1. The van der Waals surface area contributed by atoms with Crippen LogP contribution >= 0.6 is 15.9 Å². The van der Waals surface area contributed by atoms with Crippen molar-refractivity contribution in [1.82, 2.24) is 10.3 Å². The van der Waals surface area contributed by atoms with Gasteiger partial charge in [-0.2, -0.15) is 0 Å². The Morgan fingerprint density at radius 3 is 3.11 bits per heavy atom. The fourth-order valence-corrected chi connectivity index (χ4v) is 2.56. The Kier molecular flexibility index (Phi) is 6.11. The van der Waals surface area contributed by atoms with E-state index in [-0.39, 0.29) is 0 Å². The van der Waals surface area contributed by atoms with Crippen molar-refractivity contribution in [2.75, 3.05) is 19.7 Å². The van der Waals surface area contributed by atoms with Crippen LogP contribution in [0.15, 0.2) is 22.9 Å². The van der Waals surface area contributed by atoms with Gasteiger partial charge in [-0.05, 0) is 72.3 Å². The monoisotopic (exact) mass is 312 g/mol. The largest absolute Gasteiger partial charge is 0.377 e. The molecule has 2 rings (SSSR count). The molecule has 1 N–H and O–H groups in total. The molecule has 0 aliphatic carbocycles. The van der Waals surface area contributed by atoms with Gasteiger partial charge in [0.05, 0.1) is 6.61 Å². The second-order valence-electron chi connectivity index (χ2n) is 4.90. The summed E-state index contributed by atoms with van der Waals surface area (Å²) in [5.41, 5.74) is 1.14. The van der Waals surface area contributed by atoms with Crippen molar-refractivity contribution in [3.63, 3.8) is 0 Å². The van der Waals surface area contributed by atoms with E-state index in [0.29, 0.717) is 6.61 Å². The number of aromatic nitrogens is 1. The van der Waals surface area contributed by atoms with Gasteiger partial charge < -0.3 is 10.1 Å². The van der Waals surface area contributed by atoms with Gasteiger partial charge in [0.1, 0.15) is 4.60 Å². The number of ether oxygens (including phenoxy) is 1. The van der Waals surface area contributed by atoms with Crippen molar-refractivity contribution >= 4 is 15.9 Å². The van der Waals surface area contributed by atoms with E-state index in [9.17, 15) is 0 Å². The zero-order chi connectivity index (χ0) is 12.6. The molecule has 1 saturated heterocycles. The minimum atomic E-state index is 0.670. The molecule has 0 bridgehead atoms. The summed E-state index contributed by atoms with van der Waals surface area (Å²) >= 11 is 3.32. The van der Waals surface area contributed by atoms with Gasteiger partial charge in [-0.3, -0.25) is 0 Å². The molecule has 100 valence electrons. The second-order valence-corrected chi connectivity index (χ2v) is 5.71. The highest BCUT2D eigenvalue weighted by Gasteiger charge is 2.11. The van der Waals surface area contributed by atoms with Gasteiger partial charge in [0, 0.05) is 12.8 Å². The van der Waals surface area contributed by atoms with Crippen LogP contribution in [0.4, 0.5) is 0 Å². The molecule has 0 spiro atoms. The molecular formula is C14H21BrN2O. The first-order valence-electron chi connectivity index (χ1n) is 6.73. The van der Waals surface area contributed by atoms with Crippen LogP contribution < -0.4 is 5.32 Å². The lowest BCUT2D eigenvalue weighted by Crippen LogP contribution is -2.29. The first kappa shape index (κ1) is 14.0. The molecule has 1 aliphatic heterocycles. The standard InChI is InChI=1S/C14H21BrN2O/c15-14-6-5-13(10-17-14)11-18-8-2-4-12-3-1-7-16-9-12/h5-6,10,12,16H,1-4,7-9,11H2/t12-/m0/s1. The maximum Gasteiger partial charge on any atom is 0.106 e. The Morgan fingerprint density at radius 1 is 1.44 bits per heavy atom. The normalized spacial score (nSPS) is 19.9. The topological polar surface area (TPSA) is 34.1 Å². The molecule has 4 heteroatoms. The molecule has 0 amide bonds. The number of hydrogen-bond donors (Lipinski definition) is 1. The molecule has 0 aromatic carbocycles. The minimum absolute atomic E-state index is 0.670. The van der Waals surface area contributed by atoms with Crippen molar-refractivity contribution in [2.24, 2.45) is 5.92 Å². The van der Waals surface area contributed by atoms with E-state index in [2.05, 4.69) is 26.2 Å². The van der Waals surface area contributed by atoms with Gasteiger partial charge in [-0.1, -0.05) is 6.07 Å². The van der Waals surface area contributed by atoms with Crippen molar-refractivity contribution in [1.29, 1.82) is 0 Å². The molecule has 0 radical (unpaired) electrons. The van der Waals surface area contributed by atoms with Gasteiger partial charge in [-0.25, -0.2) is 4.98 Å². The molecule has 1 aromatic heterocycles. The number of rotatable bonds is 6. The summed E-state index contributed by atoms with van der Waals surface area (Å²) in [6.07, 6.45) is 7.01. The third kappa shape index (κ3) is 5.04. The molecule has 1 aliphatic rings. The van der Waals surface area contributed by atoms with E-state index in [1.165, 1.54) is 32.4 Å². The molecule has 1 aromatic rings. The molecule has 0 unspecified atom stereocenters. The summed E-state index contributed by atoms with van der Waals surface area (Å²) in [6, 6.07) is 3.99. The third-order valence-corrected chi connectivity index (χ3v) is 3.83. The van der Waals surface area contributed by atoms with Gasteiger partial charge >= 0.3 is 0 Å². The molecule has 3 nitrogen and oxygen atoms in total. The summed E-state index contributed by atoms with van der Waals surface area (Å²) in [5.74, 6) is 0.858. The number of nitrogens with one attached hydrogen (secondary N) is 1. The van der Waals surface area contributed by atoms with E-state index < -0.39 is 0 Å². The average Bonchev–Trinajstić information content (AvgIpc) is 2.42. The second kappa shape index (κ2) is 7.87. The highest BCUT2D eigenvalue weighted by molar-refractivity contribution is 9.10. The van der Waals surface area contributed by atoms with Crippen molar-refractivity contribution < 1.29 is 4.74 Å². The summed E-state index contributed by atoms with van der Waals surface area (Å²) in [5, 5.41) is 3.45. The zero-order valence-electron chi connectivity index (χ0n) is 10.7. The Morgan fingerprint density at radius 2 is 2.39 bits per heavy atom. The predicted molar refractivity (Wildman–Crippen MR) is 76.4 cm³/mol. The lowest BCUT2D eigenvalue weighted by Gasteiger charge is -2.22. The highest BCUT2D eigenvalue weighted by Crippen LogP contribution is 2.16. The van der Waals surface area contributed by atoms with E-state index >= 15 is 0 Å². The Labute approximate surface area is 117 Å². The van der Waals surface area contributed by atoms with Gasteiger partial charge in [0.2, 0.25) is 0 Å². The smallest absolute Gasteiger partial charge is 0.106 e. The van der Waals surface area contributed by atoms with E-state index in [4.69, 9.17) is 4.74 Å². The van der Waals surface area contributed by atoms with Crippen molar-refractivity contribution in [2.45, 2.75) is 32.3 Å². The van der Waals surface area contributed by atoms with Crippen molar-refractivity contribution in [3.8, 4) is 0 Å². The Hall–Kier alpha value is -0.450. The lowest BCUT2D eigenvalue weighted by molar-refractivity contribution is 0.112. The Bertz CT molecular complexity index is 336. The van der Waals surface area contributed by atoms with E-state index in [1.54, 1.807) is 0 Å².